The number of pyridine rings is 1. The summed E-state index contributed by atoms with van der Waals surface area (Å²) < 4.78 is 5.13. The van der Waals surface area contributed by atoms with E-state index in [-0.39, 0.29) is 11.6 Å². The largest absolute Gasteiger partial charge is 0.495 e. The maximum absolute atomic E-state index is 12.4. The molecule has 1 aromatic heterocycles. The van der Waals surface area contributed by atoms with E-state index in [0.717, 1.165) is 5.69 Å². The number of nitriles is 1. The minimum Gasteiger partial charge on any atom is -0.495 e. The number of carbonyl (C=O) groups excluding carboxylic acids is 1. The highest BCUT2D eigenvalue weighted by atomic mass is 35.5. The van der Waals surface area contributed by atoms with Gasteiger partial charge in [0.1, 0.15) is 11.4 Å². The van der Waals surface area contributed by atoms with Crippen molar-refractivity contribution in [2.75, 3.05) is 17.7 Å². The Balaban J connectivity index is 1.73. The predicted octanol–water partition coefficient (Wildman–Crippen LogP) is 4.61. The van der Waals surface area contributed by atoms with Gasteiger partial charge in [-0.2, -0.15) is 5.26 Å². The van der Waals surface area contributed by atoms with E-state index in [9.17, 15) is 4.79 Å². The second-order valence-electron chi connectivity index (χ2n) is 5.55. The van der Waals surface area contributed by atoms with Crippen LogP contribution in [-0.2, 0) is 0 Å². The molecule has 27 heavy (non-hydrogen) atoms. The number of benzene rings is 2. The molecule has 3 aromatic rings. The Morgan fingerprint density at radius 1 is 1.07 bits per heavy atom. The summed E-state index contributed by atoms with van der Waals surface area (Å²) in [5.41, 5.74) is 2.81. The number of carbonyl (C=O) groups is 1. The second-order valence-corrected chi connectivity index (χ2v) is 5.95. The molecule has 0 aliphatic heterocycles. The third-order valence-corrected chi connectivity index (χ3v) is 4.00. The summed E-state index contributed by atoms with van der Waals surface area (Å²) in [6.45, 7) is 0. The van der Waals surface area contributed by atoms with E-state index in [4.69, 9.17) is 21.6 Å². The van der Waals surface area contributed by atoms with E-state index in [1.807, 2.05) is 12.1 Å². The fraction of sp³-hybridized carbons (Fsp3) is 0.0500. The molecule has 3 rings (SSSR count). The third-order valence-electron chi connectivity index (χ3n) is 3.70. The van der Waals surface area contributed by atoms with Crippen LogP contribution in [0, 0.1) is 11.3 Å². The van der Waals surface area contributed by atoms with Crippen LogP contribution >= 0.6 is 11.6 Å². The number of halogens is 1. The number of rotatable bonds is 5. The first-order valence-electron chi connectivity index (χ1n) is 7.97. The number of aromatic nitrogens is 1. The summed E-state index contributed by atoms with van der Waals surface area (Å²) in [5.74, 6) is 0.232. The minimum atomic E-state index is -0.351. The molecule has 0 spiro atoms. The first-order chi connectivity index (χ1) is 13.1. The molecule has 1 heterocycles. The minimum absolute atomic E-state index is 0.254. The molecule has 2 aromatic carbocycles. The number of anilines is 3. The van der Waals surface area contributed by atoms with E-state index in [2.05, 4.69) is 15.6 Å². The number of amides is 1. The van der Waals surface area contributed by atoms with Crippen molar-refractivity contribution in [3.8, 4) is 11.8 Å². The molecule has 0 atom stereocenters. The van der Waals surface area contributed by atoms with Gasteiger partial charge in [-0.05, 0) is 54.6 Å². The van der Waals surface area contributed by atoms with E-state index in [0.29, 0.717) is 27.7 Å². The van der Waals surface area contributed by atoms with Crippen LogP contribution in [0.2, 0.25) is 5.02 Å². The van der Waals surface area contributed by atoms with Gasteiger partial charge in [-0.25, -0.2) is 0 Å². The zero-order chi connectivity index (χ0) is 19.2. The zero-order valence-electron chi connectivity index (χ0n) is 14.4. The Bertz CT molecular complexity index is 1010. The van der Waals surface area contributed by atoms with Gasteiger partial charge < -0.3 is 15.4 Å². The van der Waals surface area contributed by atoms with Gasteiger partial charge in [0.25, 0.3) is 5.91 Å². The quantitative estimate of drug-likeness (QED) is 0.676. The average molecular weight is 379 g/mol. The Morgan fingerprint density at radius 2 is 1.78 bits per heavy atom. The van der Waals surface area contributed by atoms with Gasteiger partial charge in [-0.15, -0.1) is 0 Å². The summed E-state index contributed by atoms with van der Waals surface area (Å²) in [6, 6.07) is 17.3. The number of hydrogen-bond acceptors (Lipinski definition) is 5. The summed E-state index contributed by atoms with van der Waals surface area (Å²) in [6.07, 6.45) is 1.54. The van der Waals surface area contributed by atoms with Gasteiger partial charge in [0.2, 0.25) is 0 Å². The van der Waals surface area contributed by atoms with Crippen molar-refractivity contribution in [2.24, 2.45) is 0 Å². The topological polar surface area (TPSA) is 87.0 Å². The highest BCUT2D eigenvalue weighted by molar-refractivity contribution is 6.32. The predicted molar refractivity (Wildman–Crippen MR) is 105 cm³/mol. The standard InChI is InChI=1S/C20H15ClN4O2/c1-27-19-7-6-15(10-17(19)21)24-16-8-9-23-18(11-16)20(26)25-14-4-2-13(12-22)3-5-14/h2-11H,1H3,(H,23,24)(H,25,26). The molecule has 1 amide bonds. The lowest BCUT2D eigenvalue weighted by Crippen LogP contribution is -2.13. The summed E-state index contributed by atoms with van der Waals surface area (Å²) in [4.78, 5) is 16.5. The second kappa shape index (κ2) is 8.21. The molecule has 6 nitrogen and oxygen atoms in total. The first-order valence-corrected chi connectivity index (χ1v) is 8.35. The van der Waals surface area contributed by atoms with Gasteiger partial charge in [0, 0.05) is 23.3 Å². The van der Waals surface area contributed by atoms with Crippen LogP contribution in [0.1, 0.15) is 16.1 Å². The van der Waals surface area contributed by atoms with Crippen LogP contribution in [0.25, 0.3) is 0 Å². The van der Waals surface area contributed by atoms with Crippen molar-refractivity contribution in [2.45, 2.75) is 0 Å². The SMILES string of the molecule is COc1ccc(Nc2ccnc(C(=O)Nc3ccc(C#N)cc3)c2)cc1Cl. The summed E-state index contributed by atoms with van der Waals surface area (Å²) in [7, 11) is 1.55. The van der Waals surface area contributed by atoms with Gasteiger partial charge >= 0.3 is 0 Å². The first kappa shape index (κ1) is 18.2. The maximum atomic E-state index is 12.4. The molecule has 0 saturated carbocycles. The van der Waals surface area contributed by atoms with Crippen molar-refractivity contribution in [3.63, 3.8) is 0 Å². The van der Waals surface area contributed by atoms with Crippen LogP contribution < -0.4 is 15.4 Å². The number of hydrogen-bond donors (Lipinski definition) is 2. The lowest BCUT2D eigenvalue weighted by Gasteiger charge is -2.10. The molecule has 0 aliphatic rings. The van der Waals surface area contributed by atoms with E-state index < -0.39 is 0 Å². The van der Waals surface area contributed by atoms with Gasteiger partial charge in [0.15, 0.2) is 0 Å². The molecule has 7 heteroatoms. The summed E-state index contributed by atoms with van der Waals surface area (Å²) in [5, 5.41) is 15.2. The molecule has 0 aliphatic carbocycles. The molecule has 0 fully saturated rings. The molecule has 134 valence electrons. The molecular weight excluding hydrogens is 364 g/mol. The van der Waals surface area contributed by atoms with Crippen LogP contribution in [0.4, 0.5) is 17.1 Å². The van der Waals surface area contributed by atoms with Crippen LogP contribution in [0.3, 0.4) is 0 Å². The van der Waals surface area contributed by atoms with E-state index >= 15 is 0 Å². The monoisotopic (exact) mass is 378 g/mol. The van der Waals surface area contributed by atoms with E-state index in [1.165, 1.54) is 0 Å². The molecule has 0 saturated heterocycles. The molecule has 2 N–H and O–H groups in total. The molecule has 0 radical (unpaired) electrons. The average Bonchev–Trinajstić information content (AvgIpc) is 2.69. The summed E-state index contributed by atoms with van der Waals surface area (Å²) >= 11 is 6.13. The van der Waals surface area contributed by atoms with E-state index in [1.54, 1.807) is 61.8 Å². The zero-order valence-corrected chi connectivity index (χ0v) is 15.1. The lowest BCUT2D eigenvalue weighted by molar-refractivity contribution is 0.102. The number of nitrogens with zero attached hydrogens (tertiary/aromatic N) is 2. The molecule has 0 unspecified atom stereocenters. The van der Waals surface area contributed by atoms with Crippen molar-refractivity contribution >= 4 is 34.6 Å². The Kier molecular flexibility index (Phi) is 5.55. The Labute approximate surface area is 161 Å². The van der Waals surface area contributed by atoms with Crippen molar-refractivity contribution in [1.82, 2.24) is 4.98 Å². The maximum Gasteiger partial charge on any atom is 0.274 e. The lowest BCUT2D eigenvalue weighted by atomic mass is 10.2. The van der Waals surface area contributed by atoms with Gasteiger partial charge in [-0.1, -0.05) is 11.6 Å². The van der Waals surface area contributed by atoms with Crippen molar-refractivity contribution in [1.29, 1.82) is 5.26 Å². The van der Waals surface area contributed by atoms with Gasteiger partial charge in [-0.3, -0.25) is 9.78 Å². The highest BCUT2D eigenvalue weighted by Crippen LogP contribution is 2.28. The highest BCUT2D eigenvalue weighted by Gasteiger charge is 2.09. The normalized spacial score (nSPS) is 9.96. The molecular formula is C20H15ClN4O2. The third kappa shape index (κ3) is 4.54. The van der Waals surface area contributed by atoms with Gasteiger partial charge in [0.05, 0.1) is 23.8 Å². The van der Waals surface area contributed by atoms with Crippen molar-refractivity contribution in [3.05, 3.63) is 77.1 Å². The number of ether oxygens (including phenoxy) is 1. The van der Waals surface area contributed by atoms with Crippen molar-refractivity contribution < 1.29 is 9.53 Å². The smallest absolute Gasteiger partial charge is 0.274 e. The molecule has 0 bridgehead atoms. The fourth-order valence-electron chi connectivity index (χ4n) is 2.37. The van der Waals surface area contributed by atoms with Crippen LogP contribution in [0.15, 0.2) is 60.8 Å². The number of nitrogens with one attached hydrogen (secondary N) is 2. The Morgan fingerprint density at radius 3 is 2.44 bits per heavy atom. The van der Waals surface area contributed by atoms with Crippen LogP contribution in [-0.4, -0.2) is 18.0 Å². The number of methoxy groups -OCH3 is 1. The fourth-order valence-corrected chi connectivity index (χ4v) is 2.62. The van der Waals surface area contributed by atoms with Crippen LogP contribution in [0.5, 0.6) is 5.75 Å². The Hall–Kier alpha value is -3.56.